The summed E-state index contributed by atoms with van der Waals surface area (Å²) in [6, 6.07) is 2.58. The van der Waals surface area contributed by atoms with Gasteiger partial charge in [-0.2, -0.15) is 5.10 Å². The second-order valence-corrected chi connectivity index (χ2v) is 7.92. The summed E-state index contributed by atoms with van der Waals surface area (Å²) in [6.07, 6.45) is 8.54. The van der Waals surface area contributed by atoms with Crippen molar-refractivity contribution in [3.8, 4) is 0 Å². The summed E-state index contributed by atoms with van der Waals surface area (Å²) in [6.45, 7) is 7.70. The summed E-state index contributed by atoms with van der Waals surface area (Å²) in [4.78, 5) is 15.0. The van der Waals surface area contributed by atoms with Crippen molar-refractivity contribution in [2.75, 3.05) is 19.6 Å². The minimum atomic E-state index is -0.0324. The third kappa shape index (κ3) is 4.38. The Balaban J connectivity index is 1.49. The van der Waals surface area contributed by atoms with E-state index in [-0.39, 0.29) is 5.91 Å². The van der Waals surface area contributed by atoms with Gasteiger partial charge < -0.3 is 10.2 Å². The first-order valence-electron chi connectivity index (χ1n) is 9.70. The van der Waals surface area contributed by atoms with Gasteiger partial charge in [0.15, 0.2) is 0 Å². The first-order valence-corrected chi connectivity index (χ1v) is 9.70. The Bertz CT molecular complexity index is 537. The molecule has 2 fully saturated rings. The molecule has 134 valence electrons. The zero-order valence-corrected chi connectivity index (χ0v) is 15.2. The zero-order chi connectivity index (χ0) is 16.9. The molecule has 0 bridgehead atoms. The van der Waals surface area contributed by atoms with Crippen molar-refractivity contribution in [2.45, 2.75) is 64.8 Å². The highest BCUT2D eigenvalue weighted by Gasteiger charge is 2.33. The highest BCUT2D eigenvalue weighted by atomic mass is 16.1. The van der Waals surface area contributed by atoms with Gasteiger partial charge in [-0.1, -0.05) is 20.3 Å². The number of piperidine rings is 2. The lowest BCUT2D eigenvalue weighted by Gasteiger charge is -2.44. The van der Waals surface area contributed by atoms with Crippen LogP contribution < -0.4 is 5.32 Å². The molecule has 3 rings (SSSR count). The van der Waals surface area contributed by atoms with Crippen molar-refractivity contribution >= 4 is 5.91 Å². The Morgan fingerprint density at radius 1 is 1.33 bits per heavy atom. The molecule has 1 amide bonds. The maximum absolute atomic E-state index is 12.4. The van der Waals surface area contributed by atoms with Gasteiger partial charge in [-0.25, -0.2) is 0 Å². The van der Waals surface area contributed by atoms with E-state index in [1.807, 2.05) is 6.07 Å². The first kappa shape index (κ1) is 17.5. The molecular formula is C19H32N4O. The molecule has 0 aliphatic carbocycles. The molecule has 0 saturated carbocycles. The number of carbonyl (C=O) groups is 1. The van der Waals surface area contributed by atoms with Crippen LogP contribution in [0.25, 0.3) is 0 Å². The number of amides is 1. The summed E-state index contributed by atoms with van der Waals surface area (Å²) in [7, 11) is 0. The van der Waals surface area contributed by atoms with Gasteiger partial charge in [-0.3, -0.25) is 9.89 Å². The third-order valence-electron chi connectivity index (χ3n) is 5.61. The van der Waals surface area contributed by atoms with Crippen LogP contribution in [0.5, 0.6) is 0 Å². The van der Waals surface area contributed by atoms with E-state index in [2.05, 4.69) is 34.3 Å². The quantitative estimate of drug-likeness (QED) is 0.842. The summed E-state index contributed by atoms with van der Waals surface area (Å²) < 4.78 is 0. The SMILES string of the molecule is CC(C)CCc1cc(C(=O)NCC2CCCN3CCCC[C@H]23)n[nH]1. The summed E-state index contributed by atoms with van der Waals surface area (Å²) >= 11 is 0. The second-order valence-electron chi connectivity index (χ2n) is 7.92. The monoisotopic (exact) mass is 332 g/mol. The van der Waals surface area contributed by atoms with Crippen LogP contribution in [0.4, 0.5) is 0 Å². The fraction of sp³-hybridized carbons (Fsp3) is 0.789. The van der Waals surface area contributed by atoms with Gasteiger partial charge in [0.25, 0.3) is 5.91 Å². The number of aromatic amines is 1. The molecule has 1 aromatic heterocycles. The van der Waals surface area contributed by atoms with Gasteiger partial charge in [0.05, 0.1) is 0 Å². The van der Waals surface area contributed by atoms with E-state index in [9.17, 15) is 4.79 Å². The topological polar surface area (TPSA) is 61.0 Å². The lowest BCUT2D eigenvalue weighted by Crippen LogP contribution is -2.51. The largest absolute Gasteiger partial charge is 0.350 e. The number of H-pyrrole nitrogens is 1. The van der Waals surface area contributed by atoms with Gasteiger partial charge in [0, 0.05) is 18.3 Å². The van der Waals surface area contributed by atoms with E-state index >= 15 is 0 Å². The van der Waals surface area contributed by atoms with Crippen molar-refractivity contribution in [2.24, 2.45) is 11.8 Å². The predicted molar refractivity (Wildman–Crippen MR) is 96.0 cm³/mol. The minimum Gasteiger partial charge on any atom is -0.350 e. The summed E-state index contributed by atoms with van der Waals surface area (Å²) in [5, 5.41) is 10.3. The van der Waals surface area contributed by atoms with E-state index in [4.69, 9.17) is 0 Å². The van der Waals surface area contributed by atoms with Crippen molar-refractivity contribution < 1.29 is 4.79 Å². The molecule has 2 atom stereocenters. The normalized spacial score (nSPS) is 24.8. The van der Waals surface area contributed by atoms with Crippen LogP contribution >= 0.6 is 0 Å². The molecule has 0 radical (unpaired) electrons. The highest BCUT2D eigenvalue weighted by molar-refractivity contribution is 5.92. The number of carbonyl (C=O) groups excluding carboxylic acids is 1. The lowest BCUT2D eigenvalue weighted by atomic mass is 9.83. The van der Waals surface area contributed by atoms with Gasteiger partial charge >= 0.3 is 0 Å². The third-order valence-corrected chi connectivity index (χ3v) is 5.61. The Hall–Kier alpha value is -1.36. The van der Waals surface area contributed by atoms with Gasteiger partial charge in [-0.15, -0.1) is 0 Å². The molecule has 5 nitrogen and oxygen atoms in total. The van der Waals surface area contributed by atoms with Crippen LogP contribution in [-0.2, 0) is 6.42 Å². The van der Waals surface area contributed by atoms with Crippen LogP contribution in [0, 0.1) is 11.8 Å². The average Bonchev–Trinajstić information content (AvgIpc) is 3.07. The molecule has 0 spiro atoms. The van der Waals surface area contributed by atoms with Crippen LogP contribution in [0.2, 0.25) is 0 Å². The van der Waals surface area contributed by atoms with E-state index < -0.39 is 0 Å². The molecule has 1 aromatic rings. The van der Waals surface area contributed by atoms with Crippen molar-refractivity contribution in [3.63, 3.8) is 0 Å². The molecule has 24 heavy (non-hydrogen) atoms. The maximum Gasteiger partial charge on any atom is 0.271 e. The first-order chi connectivity index (χ1) is 11.6. The van der Waals surface area contributed by atoms with Gasteiger partial charge in [0.1, 0.15) is 5.69 Å². The summed E-state index contributed by atoms with van der Waals surface area (Å²) in [5.74, 6) is 1.23. The Morgan fingerprint density at radius 3 is 3.00 bits per heavy atom. The molecule has 2 aliphatic heterocycles. The van der Waals surface area contributed by atoms with Crippen LogP contribution in [-0.4, -0.2) is 46.7 Å². The maximum atomic E-state index is 12.4. The molecule has 2 saturated heterocycles. The highest BCUT2D eigenvalue weighted by Crippen LogP contribution is 2.30. The zero-order valence-electron chi connectivity index (χ0n) is 15.2. The lowest BCUT2D eigenvalue weighted by molar-refractivity contribution is 0.0575. The van der Waals surface area contributed by atoms with Crippen molar-refractivity contribution in [3.05, 3.63) is 17.5 Å². The number of nitrogens with one attached hydrogen (secondary N) is 2. The number of nitrogens with zero attached hydrogens (tertiary/aromatic N) is 2. The number of fused-ring (bicyclic) bond motifs is 1. The van der Waals surface area contributed by atoms with Gasteiger partial charge in [-0.05, 0) is 69.5 Å². The number of aryl methyl sites for hydroxylation is 1. The second kappa shape index (κ2) is 8.15. The number of hydrogen-bond donors (Lipinski definition) is 2. The predicted octanol–water partition coefficient (Wildman–Crippen LogP) is 2.99. The van der Waals surface area contributed by atoms with E-state index in [1.54, 1.807) is 0 Å². The van der Waals surface area contributed by atoms with Crippen LogP contribution in [0.1, 0.15) is 68.6 Å². The van der Waals surface area contributed by atoms with E-state index in [0.29, 0.717) is 23.6 Å². The minimum absolute atomic E-state index is 0.0324. The van der Waals surface area contributed by atoms with E-state index in [0.717, 1.165) is 25.1 Å². The molecule has 3 heterocycles. The van der Waals surface area contributed by atoms with Crippen LogP contribution in [0.15, 0.2) is 6.07 Å². The number of hydrogen-bond acceptors (Lipinski definition) is 3. The Labute approximate surface area is 145 Å². The molecule has 2 aliphatic rings. The standard InChI is InChI=1S/C19H32N4O/c1-14(2)8-9-16-12-17(22-21-16)19(24)20-13-15-6-5-11-23-10-4-3-7-18(15)23/h12,14-15,18H,3-11,13H2,1-2H3,(H,20,24)(H,21,22)/t15?,18-/m1/s1. The number of aromatic nitrogens is 2. The van der Waals surface area contributed by atoms with Gasteiger partial charge in [0.2, 0.25) is 0 Å². The summed E-state index contributed by atoms with van der Waals surface area (Å²) in [5.41, 5.74) is 1.59. The fourth-order valence-electron chi connectivity index (χ4n) is 4.18. The van der Waals surface area contributed by atoms with Crippen LogP contribution in [0.3, 0.4) is 0 Å². The van der Waals surface area contributed by atoms with Crippen molar-refractivity contribution in [1.82, 2.24) is 20.4 Å². The fourth-order valence-corrected chi connectivity index (χ4v) is 4.18. The smallest absolute Gasteiger partial charge is 0.271 e. The molecule has 0 aromatic carbocycles. The molecule has 5 heteroatoms. The Kier molecular flexibility index (Phi) is 5.93. The number of rotatable bonds is 6. The molecule has 2 N–H and O–H groups in total. The average molecular weight is 332 g/mol. The van der Waals surface area contributed by atoms with E-state index in [1.165, 1.54) is 45.2 Å². The Morgan fingerprint density at radius 2 is 2.17 bits per heavy atom. The molecule has 1 unspecified atom stereocenters. The van der Waals surface area contributed by atoms with Crippen molar-refractivity contribution in [1.29, 1.82) is 0 Å². The molecular weight excluding hydrogens is 300 g/mol.